The molecule has 1 saturated heterocycles. The van der Waals surface area contributed by atoms with E-state index in [1.165, 1.54) is 45.1 Å². The van der Waals surface area contributed by atoms with Gasteiger partial charge in [-0.25, -0.2) is 0 Å². The topological polar surface area (TPSA) is 27.0 Å². The maximum absolute atomic E-state index is 8.55. The summed E-state index contributed by atoms with van der Waals surface area (Å²) in [5, 5.41) is 8.55. The van der Waals surface area contributed by atoms with Crippen molar-refractivity contribution in [2.24, 2.45) is 5.92 Å². The van der Waals surface area contributed by atoms with Crippen LogP contribution in [0.2, 0.25) is 0 Å². The lowest BCUT2D eigenvalue weighted by Crippen LogP contribution is -2.35. The van der Waals surface area contributed by atoms with Gasteiger partial charge in [-0.2, -0.15) is 5.26 Å². The zero-order valence-electron chi connectivity index (χ0n) is 9.62. The van der Waals surface area contributed by atoms with Crippen molar-refractivity contribution in [2.45, 2.75) is 57.4 Å². The Labute approximate surface area is 93.3 Å². The highest BCUT2D eigenvalue weighted by Gasteiger charge is 2.32. The normalized spacial score (nSPS) is 28.3. The number of unbranched alkanes of at least 4 members (excludes halogenated alkanes) is 1. The maximum Gasteiger partial charge on any atom is 0.0622 e. The lowest BCUT2D eigenvalue weighted by atomic mass is 9.96. The summed E-state index contributed by atoms with van der Waals surface area (Å²) >= 11 is 0. The highest BCUT2D eigenvalue weighted by atomic mass is 15.2. The molecule has 1 aliphatic heterocycles. The minimum absolute atomic E-state index is 0.730. The predicted molar refractivity (Wildman–Crippen MR) is 61.4 cm³/mol. The summed E-state index contributed by atoms with van der Waals surface area (Å²) in [6.45, 7) is 2.45. The second kappa shape index (κ2) is 5.51. The molecule has 2 aliphatic rings. The quantitative estimate of drug-likeness (QED) is 0.661. The molecule has 2 nitrogen and oxygen atoms in total. The van der Waals surface area contributed by atoms with Crippen LogP contribution in [0.5, 0.6) is 0 Å². The predicted octanol–water partition coefficient (Wildman–Crippen LogP) is 2.94. The van der Waals surface area contributed by atoms with Crippen LogP contribution in [-0.4, -0.2) is 24.0 Å². The van der Waals surface area contributed by atoms with E-state index in [1.54, 1.807) is 0 Å². The van der Waals surface area contributed by atoms with Crippen LogP contribution < -0.4 is 0 Å². The van der Waals surface area contributed by atoms with Crippen molar-refractivity contribution >= 4 is 0 Å². The van der Waals surface area contributed by atoms with Gasteiger partial charge in [-0.05, 0) is 51.1 Å². The monoisotopic (exact) mass is 206 g/mol. The fourth-order valence-corrected chi connectivity index (χ4v) is 3.37. The molecule has 0 aromatic heterocycles. The van der Waals surface area contributed by atoms with Crippen LogP contribution in [0, 0.1) is 17.2 Å². The van der Waals surface area contributed by atoms with Gasteiger partial charge >= 0.3 is 0 Å². The van der Waals surface area contributed by atoms with Gasteiger partial charge in [-0.15, -0.1) is 0 Å². The molecule has 0 amide bonds. The zero-order chi connectivity index (χ0) is 10.5. The van der Waals surface area contributed by atoms with E-state index in [0.29, 0.717) is 0 Å². The van der Waals surface area contributed by atoms with Gasteiger partial charge in [0.1, 0.15) is 0 Å². The number of nitrogens with zero attached hydrogens (tertiary/aromatic N) is 2. The van der Waals surface area contributed by atoms with Gasteiger partial charge in [-0.1, -0.05) is 12.8 Å². The molecule has 1 aliphatic carbocycles. The highest BCUT2D eigenvalue weighted by molar-refractivity contribution is 4.87. The van der Waals surface area contributed by atoms with Gasteiger partial charge < -0.3 is 4.90 Å². The van der Waals surface area contributed by atoms with E-state index < -0.39 is 0 Å². The Morgan fingerprint density at radius 3 is 2.67 bits per heavy atom. The second-order valence-electron chi connectivity index (χ2n) is 5.05. The van der Waals surface area contributed by atoms with E-state index >= 15 is 0 Å². The number of hydrogen-bond donors (Lipinski definition) is 0. The molecular weight excluding hydrogens is 184 g/mol. The Balaban J connectivity index is 1.79. The van der Waals surface area contributed by atoms with Crippen LogP contribution in [0.1, 0.15) is 51.4 Å². The van der Waals surface area contributed by atoms with E-state index in [2.05, 4.69) is 11.0 Å². The van der Waals surface area contributed by atoms with Gasteiger partial charge in [0.2, 0.25) is 0 Å². The van der Waals surface area contributed by atoms with Crippen molar-refractivity contribution in [3.05, 3.63) is 0 Å². The molecule has 1 heterocycles. The molecule has 2 rings (SSSR count). The Kier molecular flexibility index (Phi) is 4.02. The standard InChI is InChI=1S/C13H22N2/c14-9-3-4-10-15-11-5-8-13(15)12-6-1-2-7-12/h12-13H,1-8,10-11H2. The first-order chi connectivity index (χ1) is 7.42. The van der Waals surface area contributed by atoms with Crippen molar-refractivity contribution < 1.29 is 0 Å². The van der Waals surface area contributed by atoms with Crippen molar-refractivity contribution in [2.75, 3.05) is 13.1 Å². The Hall–Kier alpha value is -0.550. The molecule has 15 heavy (non-hydrogen) atoms. The maximum atomic E-state index is 8.55. The average Bonchev–Trinajstić information content (AvgIpc) is 2.87. The van der Waals surface area contributed by atoms with Crippen LogP contribution >= 0.6 is 0 Å². The Bertz CT molecular complexity index is 225. The van der Waals surface area contributed by atoms with Gasteiger partial charge in [0.25, 0.3) is 0 Å². The van der Waals surface area contributed by atoms with Crippen molar-refractivity contribution in [3.63, 3.8) is 0 Å². The summed E-state index contributed by atoms with van der Waals surface area (Å²) in [5.74, 6) is 0.981. The molecule has 0 aromatic rings. The molecule has 2 fully saturated rings. The van der Waals surface area contributed by atoms with E-state index in [1.807, 2.05) is 0 Å². The van der Waals surface area contributed by atoms with E-state index in [0.717, 1.165) is 31.3 Å². The van der Waals surface area contributed by atoms with Crippen LogP contribution in [-0.2, 0) is 0 Å². The molecule has 1 atom stereocenters. The molecule has 0 bridgehead atoms. The molecule has 2 heteroatoms. The number of nitriles is 1. The molecule has 0 aromatic carbocycles. The van der Waals surface area contributed by atoms with E-state index in [4.69, 9.17) is 5.26 Å². The average molecular weight is 206 g/mol. The van der Waals surface area contributed by atoms with Gasteiger partial charge in [-0.3, -0.25) is 0 Å². The highest BCUT2D eigenvalue weighted by Crippen LogP contribution is 2.35. The van der Waals surface area contributed by atoms with Crippen molar-refractivity contribution in [1.29, 1.82) is 5.26 Å². The first-order valence-electron chi connectivity index (χ1n) is 6.53. The lowest BCUT2D eigenvalue weighted by Gasteiger charge is -2.29. The molecule has 1 saturated carbocycles. The third-order valence-electron chi connectivity index (χ3n) is 4.09. The smallest absolute Gasteiger partial charge is 0.0622 e. The molecule has 0 spiro atoms. The number of rotatable bonds is 4. The van der Waals surface area contributed by atoms with E-state index in [-0.39, 0.29) is 0 Å². The third-order valence-corrected chi connectivity index (χ3v) is 4.09. The summed E-state index contributed by atoms with van der Waals surface area (Å²) in [5.41, 5.74) is 0. The van der Waals surface area contributed by atoms with Gasteiger partial charge in [0, 0.05) is 12.5 Å². The summed E-state index contributed by atoms with van der Waals surface area (Å²) in [7, 11) is 0. The summed E-state index contributed by atoms with van der Waals surface area (Å²) in [6.07, 6.45) is 10.4. The van der Waals surface area contributed by atoms with Crippen LogP contribution in [0.25, 0.3) is 0 Å². The minimum Gasteiger partial charge on any atom is -0.300 e. The molecule has 84 valence electrons. The first-order valence-corrected chi connectivity index (χ1v) is 6.53. The Morgan fingerprint density at radius 1 is 1.13 bits per heavy atom. The van der Waals surface area contributed by atoms with Crippen molar-refractivity contribution in [3.8, 4) is 6.07 Å². The van der Waals surface area contributed by atoms with Crippen molar-refractivity contribution in [1.82, 2.24) is 4.90 Å². The summed E-state index contributed by atoms with van der Waals surface area (Å²) in [6, 6.07) is 3.12. The largest absolute Gasteiger partial charge is 0.300 e. The molecule has 1 unspecified atom stereocenters. The molecule has 0 N–H and O–H groups in total. The third kappa shape index (κ3) is 2.72. The molecular formula is C13H22N2. The van der Waals surface area contributed by atoms with Gasteiger partial charge in [0.05, 0.1) is 6.07 Å². The van der Waals surface area contributed by atoms with E-state index in [9.17, 15) is 0 Å². The van der Waals surface area contributed by atoms with Gasteiger partial charge in [0.15, 0.2) is 0 Å². The van der Waals surface area contributed by atoms with Crippen LogP contribution in [0.15, 0.2) is 0 Å². The lowest BCUT2D eigenvalue weighted by molar-refractivity contribution is 0.189. The number of hydrogen-bond acceptors (Lipinski definition) is 2. The van der Waals surface area contributed by atoms with Crippen LogP contribution in [0.3, 0.4) is 0 Å². The minimum atomic E-state index is 0.730. The SMILES string of the molecule is N#CCCCN1CCCC1C1CCCC1. The second-order valence-corrected chi connectivity index (χ2v) is 5.05. The summed E-state index contributed by atoms with van der Waals surface area (Å²) in [4.78, 5) is 2.66. The zero-order valence-corrected chi connectivity index (χ0v) is 9.62. The fourth-order valence-electron chi connectivity index (χ4n) is 3.37. The fraction of sp³-hybridized carbons (Fsp3) is 0.923. The summed E-state index contributed by atoms with van der Waals surface area (Å²) < 4.78 is 0. The number of likely N-dealkylation sites (tertiary alicyclic amines) is 1. The molecule has 0 radical (unpaired) electrons. The first kappa shape index (κ1) is 11.0. The van der Waals surface area contributed by atoms with Crippen LogP contribution in [0.4, 0.5) is 0 Å². The Morgan fingerprint density at radius 2 is 1.93 bits per heavy atom.